The van der Waals surface area contributed by atoms with E-state index in [-0.39, 0.29) is 21.0 Å². The molecule has 0 aromatic heterocycles. The second-order valence-corrected chi connectivity index (χ2v) is 9.06. The number of rotatable bonds is 20. The molecule has 0 unspecified atom stereocenters. The van der Waals surface area contributed by atoms with Crippen LogP contribution in [0.4, 0.5) is 0 Å². The fraction of sp³-hybridized carbons (Fsp3) is 0.818. The van der Waals surface area contributed by atoms with E-state index in [2.05, 4.69) is 0 Å². The number of halogens is 4. The van der Waals surface area contributed by atoms with Gasteiger partial charge in [0.1, 0.15) is 0 Å². The first-order valence-corrected chi connectivity index (χ1v) is 12.5. The summed E-state index contributed by atoms with van der Waals surface area (Å²) in [5.41, 5.74) is 0. The highest BCUT2D eigenvalue weighted by Gasteiger charge is 1.99. The second-order valence-electron chi connectivity index (χ2n) is 7.37. The topological polar surface area (TPSA) is 68.3 Å². The van der Waals surface area contributed by atoms with Crippen LogP contribution in [0.25, 0.3) is 0 Å². The van der Waals surface area contributed by atoms with Gasteiger partial charge in [0.2, 0.25) is 21.0 Å². The van der Waals surface area contributed by atoms with Crippen molar-refractivity contribution in [2.45, 2.75) is 116 Å². The quantitative estimate of drug-likeness (QED) is 0.124. The van der Waals surface area contributed by atoms with E-state index < -0.39 is 0 Å². The normalized spacial score (nSPS) is 10.3. The molecular formula is C22H36Cl4O4. The summed E-state index contributed by atoms with van der Waals surface area (Å²) in [6.45, 7) is 0. The van der Waals surface area contributed by atoms with E-state index in [0.717, 1.165) is 64.2 Å². The van der Waals surface area contributed by atoms with E-state index in [1.54, 1.807) is 0 Å². The van der Waals surface area contributed by atoms with Gasteiger partial charge in [-0.15, -0.1) is 0 Å². The van der Waals surface area contributed by atoms with Crippen molar-refractivity contribution in [1.82, 2.24) is 0 Å². The van der Waals surface area contributed by atoms with E-state index in [1.165, 1.54) is 25.7 Å². The van der Waals surface area contributed by atoms with Gasteiger partial charge in [-0.25, -0.2) is 0 Å². The second kappa shape index (κ2) is 25.1. The smallest absolute Gasteiger partial charge is 0.221 e. The van der Waals surface area contributed by atoms with Crippen LogP contribution in [0.2, 0.25) is 0 Å². The third-order valence-corrected chi connectivity index (χ3v) is 5.25. The molecule has 0 amide bonds. The third kappa shape index (κ3) is 35.3. The monoisotopic (exact) mass is 504 g/mol. The molecule has 0 aliphatic rings. The summed E-state index contributed by atoms with van der Waals surface area (Å²) in [7, 11) is 0. The van der Waals surface area contributed by atoms with Gasteiger partial charge in [-0.3, -0.25) is 19.2 Å². The zero-order valence-corrected chi connectivity index (χ0v) is 20.9. The van der Waals surface area contributed by atoms with E-state index in [9.17, 15) is 19.2 Å². The molecule has 4 nitrogen and oxygen atoms in total. The summed E-state index contributed by atoms with van der Waals surface area (Å²) in [6.07, 6.45) is 16.7. The molecule has 0 saturated carbocycles. The average Bonchev–Trinajstić information content (AvgIpc) is 2.65. The summed E-state index contributed by atoms with van der Waals surface area (Å²) in [6, 6.07) is 0. The van der Waals surface area contributed by atoms with Crippen LogP contribution in [-0.4, -0.2) is 21.0 Å². The molecule has 0 radical (unpaired) electrons. The van der Waals surface area contributed by atoms with Gasteiger partial charge in [-0.2, -0.15) is 0 Å². The van der Waals surface area contributed by atoms with E-state index in [1.807, 2.05) is 0 Å². The molecule has 0 aromatic carbocycles. The van der Waals surface area contributed by atoms with Crippen LogP contribution in [0.5, 0.6) is 0 Å². The van der Waals surface area contributed by atoms with Crippen molar-refractivity contribution in [3.05, 3.63) is 0 Å². The largest absolute Gasteiger partial charge is 0.281 e. The van der Waals surface area contributed by atoms with Crippen LogP contribution in [0.3, 0.4) is 0 Å². The lowest BCUT2D eigenvalue weighted by Crippen LogP contribution is -1.88. The minimum atomic E-state index is -0.252. The maximum Gasteiger partial charge on any atom is 0.221 e. The number of hydrogen-bond acceptors (Lipinski definition) is 4. The Hall–Kier alpha value is -0.160. The predicted molar refractivity (Wildman–Crippen MR) is 127 cm³/mol. The molecule has 0 spiro atoms. The van der Waals surface area contributed by atoms with Crippen molar-refractivity contribution in [2.75, 3.05) is 0 Å². The molecule has 30 heavy (non-hydrogen) atoms. The van der Waals surface area contributed by atoms with Gasteiger partial charge >= 0.3 is 0 Å². The van der Waals surface area contributed by atoms with Gasteiger partial charge in [0, 0.05) is 25.7 Å². The highest BCUT2D eigenvalue weighted by Crippen LogP contribution is 2.12. The molecule has 0 saturated heterocycles. The van der Waals surface area contributed by atoms with Crippen molar-refractivity contribution in [2.24, 2.45) is 0 Å². The molecule has 8 heteroatoms. The fourth-order valence-corrected chi connectivity index (χ4v) is 3.36. The molecule has 0 aliphatic heterocycles. The van der Waals surface area contributed by atoms with Gasteiger partial charge in [0.05, 0.1) is 0 Å². The maximum atomic E-state index is 10.4. The molecule has 0 aromatic rings. The van der Waals surface area contributed by atoms with Crippen LogP contribution in [0, 0.1) is 0 Å². The van der Waals surface area contributed by atoms with E-state index in [0.29, 0.717) is 25.7 Å². The molecule has 0 atom stereocenters. The molecule has 0 heterocycles. The van der Waals surface area contributed by atoms with Gasteiger partial charge in [0.25, 0.3) is 0 Å². The lowest BCUT2D eigenvalue weighted by molar-refractivity contribution is -0.112. The van der Waals surface area contributed by atoms with Crippen LogP contribution in [-0.2, 0) is 19.2 Å². The van der Waals surface area contributed by atoms with Gasteiger partial charge in [0.15, 0.2) is 0 Å². The number of unbranched alkanes of at least 4 members (excludes halogenated alkanes) is 12. The first-order chi connectivity index (χ1) is 14.3. The Morgan fingerprint density at radius 2 is 0.433 bits per heavy atom. The summed E-state index contributed by atoms with van der Waals surface area (Å²) >= 11 is 20.8. The Balaban J connectivity index is 0. The first-order valence-electron chi connectivity index (χ1n) is 11.0. The molecule has 0 rings (SSSR count). The summed E-state index contributed by atoms with van der Waals surface area (Å²) in [5, 5.41) is -0.966. The molecule has 176 valence electrons. The zero-order chi connectivity index (χ0) is 23.0. The molecule has 0 aliphatic carbocycles. The zero-order valence-electron chi connectivity index (χ0n) is 17.9. The Morgan fingerprint density at radius 1 is 0.300 bits per heavy atom. The molecule has 0 N–H and O–H groups in total. The Kier molecular flexibility index (Phi) is 26.8. The van der Waals surface area contributed by atoms with Crippen molar-refractivity contribution >= 4 is 67.4 Å². The van der Waals surface area contributed by atoms with Crippen LogP contribution in [0.1, 0.15) is 116 Å². The van der Waals surface area contributed by atoms with Crippen LogP contribution in [0.15, 0.2) is 0 Å². The van der Waals surface area contributed by atoms with E-state index >= 15 is 0 Å². The third-order valence-electron chi connectivity index (χ3n) is 4.49. The predicted octanol–water partition coefficient (Wildman–Crippen LogP) is 8.06. The Bertz CT molecular complexity index is 428. The van der Waals surface area contributed by atoms with E-state index in [4.69, 9.17) is 46.4 Å². The van der Waals surface area contributed by atoms with Crippen LogP contribution >= 0.6 is 46.4 Å². The van der Waals surface area contributed by atoms with Crippen molar-refractivity contribution < 1.29 is 19.2 Å². The lowest BCUT2D eigenvalue weighted by atomic mass is 10.1. The van der Waals surface area contributed by atoms with Gasteiger partial charge < -0.3 is 0 Å². The van der Waals surface area contributed by atoms with Gasteiger partial charge in [-0.05, 0) is 72.1 Å². The standard InChI is InChI=1S/C12H20Cl2O2.C10H16Cl2O2/c13-11(15)9-7-5-3-1-2-4-6-8-10-12(14)16;11-9(13)7-5-3-1-2-4-6-8-10(12)14/h1-10H2;1-8H2. The highest BCUT2D eigenvalue weighted by atomic mass is 35.5. The van der Waals surface area contributed by atoms with Crippen molar-refractivity contribution in [1.29, 1.82) is 0 Å². The summed E-state index contributed by atoms with van der Waals surface area (Å²) in [4.78, 5) is 41.6. The summed E-state index contributed by atoms with van der Waals surface area (Å²) in [5.74, 6) is 0. The number of carbonyl (C=O) groups is 4. The lowest BCUT2D eigenvalue weighted by Gasteiger charge is -2.00. The Morgan fingerprint density at radius 3 is 0.567 bits per heavy atom. The van der Waals surface area contributed by atoms with Crippen molar-refractivity contribution in [3.63, 3.8) is 0 Å². The maximum absolute atomic E-state index is 10.4. The molecular weight excluding hydrogens is 470 g/mol. The van der Waals surface area contributed by atoms with Crippen molar-refractivity contribution in [3.8, 4) is 0 Å². The minimum absolute atomic E-state index is 0.231. The highest BCUT2D eigenvalue weighted by molar-refractivity contribution is 6.64. The summed E-state index contributed by atoms with van der Waals surface area (Å²) < 4.78 is 0. The van der Waals surface area contributed by atoms with Gasteiger partial charge in [-0.1, -0.05) is 64.2 Å². The number of carbonyl (C=O) groups excluding carboxylic acids is 4. The average molecular weight is 506 g/mol. The first kappa shape index (κ1) is 32.0. The Labute approximate surface area is 201 Å². The SMILES string of the molecule is O=C(Cl)CCCCCCCCC(=O)Cl.O=C(Cl)CCCCCCCCCCC(=O)Cl. The fourth-order valence-electron chi connectivity index (χ4n) is 2.82. The minimum Gasteiger partial charge on any atom is -0.281 e. The molecule has 0 bridgehead atoms. The molecule has 0 fully saturated rings. The number of hydrogen-bond donors (Lipinski definition) is 0. The van der Waals surface area contributed by atoms with Crippen LogP contribution < -0.4 is 0 Å².